The summed E-state index contributed by atoms with van der Waals surface area (Å²) in [6.45, 7) is 5.95. The molecule has 3 aromatic rings. The summed E-state index contributed by atoms with van der Waals surface area (Å²) >= 11 is 4.59. The smallest absolute Gasteiger partial charge is 0.407 e. The fourth-order valence-electron chi connectivity index (χ4n) is 3.13. The van der Waals surface area contributed by atoms with Gasteiger partial charge in [-0.3, -0.25) is 4.79 Å². The first-order chi connectivity index (χ1) is 17.6. The Balaban J connectivity index is 1.73. The molecule has 37 heavy (non-hydrogen) atoms. The van der Waals surface area contributed by atoms with E-state index < -0.39 is 12.0 Å². The van der Waals surface area contributed by atoms with Crippen molar-refractivity contribution in [1.82, 2.24) is 19.9 Å². The van der Waals surface area contributed by atoms with Crippen LogP contribution in [0, 0.1) is 6.92 Å². The number of aryl methyl sites for hydroxylation is 1. The molecule has 2 amide bonds. The lowest BCUT2D eigenvalue weighted by Gasteiger charge is -2.23. The average molecular weight is 595 g/mol. The number of carbonyl (C=O) groups is 2. The number of hydrogen-bond donors (Lipinski definition) is 3. The third-order valence-electron chi connectivity index (χ3n) is 5.04. The molecule has 2 heterocycles. The lowest BCUT2D eigenvalue weighted by atomic mass is 10.2. The Labute approximate surface area is 226 Å². The Hall–Kier alpha value is -3.65. The number of ether oxygens (including phenoxy) is 3. The third kappa shape index (κ3) is 7.20. The molecule has 14 heteroatoms. The molecule has 0 aliphatic rings. The Morgan fingerprint density at radius 3 is 2.43 bits per heavy atom. The van der Waals surface area contributed by atoms with Crippen molar-refractivity contribution in [3.8, 4) is 22.7 Å². The number of carbonyl (C=O) groups excluding carboxylic acids is 1. The van der Waals surface area contributed by atoms with Gasteiger partial charge in [-0.05, 0) is 38.5 Å². The highest BCUT2D eigenvalue weighted by atomic mass is 79.9. The number of anilines is 2. The van der Waals surface area contributed by atoms with E-state index in [2.05, 4.69) is 41.5 Å². The largest absolute Gasteiger partial charge is 0.479 e. The highest BCUT2D eigenvalue weighted by Gasteiger charge is 2.22. The number of amides is 2. The molecule has 1 aromatic carbocycles. The van der Waals surface area contributed by atoms with Crippen molar-refractivity contribution in [3.05, 3.63) is 39.3 Å². The van der Waals surface area contributed by atoms with Gasteiger partial charge in [-0.2, -0.15) is 15.0 Å². The first kappa shape index (κ1) is 27.9. The van der Waals surface area contributed by atoms with Gasteiger partial charge < -0.3 is 34.9 Å². The van der Waals surface area contributed by atoms with Crippen molar-refractivity contribution in [3.63, 3.8) is 0 Å². The van der Waals surface area contributed by atoms with Gasteiger partial charge in [0.05, 0.1) is 14.2 Å². The summed E-state index contributed by atoms with van der Waals surface area (Å²) in [4.78, 5) is 38.3. The Morgan fingerprint density at radius 2 is 1.84 bits per heavy atom. The average Bonchev–Trinajstić information content (AvgIpc) is 3.32. The number of nitrogens with zero attached hydrogens (tertiary/aromatic N) is 4. The zero-order valence-electron chi connectivity index (χ0n) is 20.9. The maximum Gasteiger partial charge on any atom is 0.407 e. The molecule has 0 unspecified atom stereocenters. The Morgan fingerprint density at radius 1 is 1.16 bits per heavy atom. The molecule has 12 nitrogen and oxygen atoms in total. The second kappa shape index (κ2) is 12.5. The lowest BCUT2D eigenvalue weighted by Crippen LogP contribution is -2.39. The summed E-state index contributed by atoms with van der Waals surface area (Å²) in [5, 5.41) is 16.8. The lowest BCUT2D eigenvalue weighted by molar-refractivity contribution is 0.102. The summed E-state index contributed by atoms with van der Waals surface area (Å²) in [6.07, 6.45) is -1.02. The van der Waals surface area contributed by atoms with Crippen LogP contribution in [0.5, 0.6) is 22.7 Å². The van der Waals surface area contributed by atoms with Crippen molar-refractivity contribution in [1.29, 1.82) is 0 Å². The molecule has 3 N–H and O–H groups in total. The van der Waals surface area contributed by atoms with E-state index in [0.29, 0.717) is 10.9 Å². The van der Waals surface area contributed by atoms with E-state index in [1.165, 1.54) is 30.5 Å². The topological polar surface area (TPSA) is 148 Å². The van der Waals surface area contributed by atoms with Crippen LogP contribution in [-0.4, -0.2) is 70.3 Å². The minimum absolute atomic E-state index is 0.0538. The molecule has 2 aromatic heterocycles. The van der Waals surface area contributed by atoms with E-state index in [9.17, 15) is 14.7 Å². The predicted molar refractivity (Wildman–Crippen MR) is 143 cm³/mol. The van der Waals surface area contributed by atoms with Crippen LogP contribution in [0.15, 0.2) is 28.1 Å². The molecule has 0 bridgehead atoms. The van der Waals surface area contributed by atoms with Crippen molar-refractivity contribution in [2.45, 2.75) is 26.8 Å². The predicted octanol–water partition coefficient (Wildman–Crippen LogP) is 4.87. The van der Waals surface area contributed by atoms with Gasteiger partial charge in [0.15, 0.2) is 5.69 Å². The molecule has 0 aliphatic heterocycles. The van der Waals surface area contributed by atoms with Gasteiger partial charge in [0.25, 0.3) is 11.1 Å². The molecule has 198 valence electrons. The Kier molecular flexibility index (Phi) is 9.47. The molecule has 0 atom stereocenters. The third-order valence-corrected chi connectivity index (χ3v) is 6.25. The number of thiazole rings is 1. The molecular weight excluding hydrogens is 568 g/mol. The molecule has 0 fully saturated rings. The highest BCUT2D eigenvalue weighted by Crippen LogP contribution is 2.34. The minimum atomic E-state index is -1.02. The van der Waals surface area contributed by atoms with Gasteiger partial charge in [0, 0.05) is 29.0 Å². The summed E-state index contributed by atoms with van der Waals surface area (Å²) in [5.74, 6) is 0.341. The van der Waals surface area contributed by atoms with Crippen LogP contribution in [0.2, 0.25) is 0 Å². The van der Waals surface area contributed by atoms with E-state index in [1.54, 1.807) is 19.2 Å². The van der Waals surface area contributed by atoms with E-state index in [-0.39, 0.29) is 48.2 Å². The van der Waals surface area contributed by atoms with E-state index in [0.717, 1.165) is 10.0 Å². The second-order valence-corrected chi connectivity index (χ2v) is 9.64. The van der Waals surface area contributed by atoms with Crippen molar-refractivity contribution < 1.29 is 28.9 Å². The first-order valence-corrected chi connectivity index (χ1v) is 12.7. The first-order valence-electron chi connectivity index (χ1n) is 11.1. The summed E-state index contributed by atoms with van der Waals surface area (Å²) in [7, 11) is 2.78. The summed E-state index contributed by atoms with van der Waals surface area (Å²) < 4.78 is 17.4. The molecule has 0 radical (unpaired) electrons. The zero-order valence-corrected chi connectivity index (χ0v) is 23.3. The number of carboxylic acid groups (broad SMARTS) is 1. The number of halogens is 1. The maximum atomic E-state index is 12.9. The number of aromatic nitrogens is 3. The van der Waals surface area contributed by atoms with Crippen LogP contribution in [0.1, 0.15) is 29.9 Å². The van der Waals surface area contributed by atoms with Gasteiger partial charge in [-0.15, -0.1) is 0 Å². The quantitative estimate of drug-likeness (QED) is 0.281. The SMILES string of the molecule is COc1nc(NCCN(C(=O)O)C(C)C)nc(OC)c1NC(=O)c1csc(Oc2cc(Br)ccc2C)n1. The van der Waals surface area contributed by atoms with Gasteiger partial charge >= 0.3 is 6.09 Å². The standard InChI is InChI=1S/C23H27BrN6O6S/c1-12(2)30(23(32)33)9-8-25-21-28-19(34-4)17(20(29-21)35-5)27-18(31)15-11-37-22(26-15)36-16-10-14(24)7-6-13(16)3/h6-7,10-12H,8-9H2,1-5H3,(H,27,31)(H,32,33)(H,25,28,29). The van der Waals surface area contributed by atoms with E-state index in [1.807, 2.05) is 25.1 Å². The Bertz CT molecular complexity index is 1250. The zero-order chi connectivity index (χ0) is 27.1. The van der Waals surface area contributed by atoms with Crippen LogP contribution in [-0.2, 0) is 0 Å². The number of benzene rings is 1. The van der Waals surface area contributed by atoms with Crippen LogP contribution < -0.4 is 24.8 Å². The number of rotatable bonds is 11. The second-order valence-electron chi connectivity index (χ2n) is 7.90. The van der Waals surface area contributed by atoms with Crippen LogP contribution in [0.25, 0.3) is 0 Å². The number of methoxy groups -OCH3 is 2. The van der Waals surface area contributed by atoms with E-state index >= 15 is 0 Å². The van der Waals surface area contributed by atoms with Crippen LogP contribution >= 0.6 is 27.3 Å². The van der Waals surface area contributed by atoms with Crippen LogP contribution in [0.3, 0.4) is 0 Å². The fraction of sp³-hybridized carbons (Fsp3) is 0.348. The van der Waals surface area contributed by atoms with Gasteiger partial charge in [0.2, 0.25) is 17.7 Å². The number of hydrogen-bond acceptors (Lipinski definition) is 10. The van der Waals surface area contributed by atoms with Crippen molar-refractivity contribution in [2.24, 2.45) is 0 Å². The number of nitrogens with one attached hydrogen (secondary N) is 2. The summed E-state index contributed by atoms with van der Waals surface area (Å²) in [6, 6.07) is 5.45. The van der Waals surface area contributed by atoms with Crippen LogP contribution in [0.4, 0.5) is 16.4 Å². The molecule has 3 rings (SSSR count). The minimum Gasteiger partial charge on any atom is -0.479 e. The normalized spacial score (nSPS) is 10.7. The molecular formula is C23H27BrN6O6S. The molecule has 0 saturated heterocycles. The molecule has 0 saturated carbocycles. The highest BCUT2D eigenvalue weighted by molar-refractivity contribution is 9.10. The summed E-state index contributed by atoms with van der Waals surface area (Å²) in [5.41, 5.74) is 1.17. The van der Waals surface area contributed by atoms with Gasteiger partial charge in [-0.25, -0.2) is 4.79 Å². The van der Waals surface area contributed by atoms with Crippen molar-refractivity contribution >= 4 is 50.9 Å². The van der Waals surface area contributed by atoms with E-state index in [4.69, 9.17) is 14.2 Å². The monoisotopic (exact) mass is 594 g/mol. The fourth-order valence-corrected chi connectivity index (χ4v) is 4.13. The molecule has 0 aliphatic carbocycles. The maximum absolute atomic E-state index is 12.9. The molecule has 0 spiro atoms. The van der Waals surface area contributed by atoms with Gasteiger partial charge in [0.1, 0.15) is 11.4 Å². The van der Waals surface area contributed by atoms with Gasteiger partial charge in [-0.1, -0.05) is 33.3 Å². The van der Waals surface area contributed by atoms with Crippen molar-refractivity contribution in [2.75, 3.05) is 37.9 Å².